The lowest BCUT2D eigenvalue weighted by molar-refractivity contribution is -0.129. The van der Waals surface area contributed by atoms with E-state index in [9.17, 15) is 14.4 Å². The lowest BCUT2D eigenvalue weighted by atomic mass is 10.1. The second-order valence-electron chi connectivity index (χ2n) is 4.62. The molecule has 0 spiro atoms. The van der Waals surface area contributed by atoms with Gasteiger partial charge in [0.25, 0.3) is 0 Å². The predicted molar refractivity (Wildman–Crippen MR) is 77.3 cm³/mol. The van der Waals surface area contributed by atoms with E-state index in [-0.39, 0.29) is 19.1 Å². The zero-order chi connectivity index (χ0) is 15.7. The van der Waals surface area contributed by atoms with Crippen molar-refractivity contribution < 1.29 is 19.1 Å². The van der Waals surface area contributed by atoms with E-state index in [0.717, 1.165) is 5.56 Å². The standard InChI is InChI=1S/C15H20N2O4/c1-3-13(9-14(19)16-11(2)18)17-15(20)21-10-12-7-5-4-6-8-12/h4-8,13H,3,9-10H2,1-2H3,(H,17,20)(H,16,18,19). The Morgan fingerprint density at radius 1 is 1.19 bits per heavy atom. The van der Waals surface area contributed by atoms with Crippen LogP contribution in [-0.2, 0) is 20.9 Å². The normalized spacial score (nSPS) is 11.3. The van der Waals surface area contributed by atoms with Crippen molar-refractivity contribution in [1.29, 1.82) is 0 Å². The molecule has 2 N–H and O–H groups in total. The second-order valence-corrected chi connectivity index (χ2v) is 4.62. The summed E-state index contributed by atoms with van der Waals surface area (Å²) in [6, 6.07) is 8.93. The molecule has 0 heterocycles. The lowest BCUT2D eigenvalue weighted by Gasteiger charge is -2.16. The molecule has 0 aromatic heterocycles. The second kappa shape index (κ2) is 8.73. The van der Waals surface area contributed by atoms with Crippen LogP contribution in [-0.4, -0.2) is 23.9 Å². The molecule has 0 bridgehead atoms. The summed E-state index contributed by atoms with van der Waals surface area (Å²) in [5.41, 5.74) is 0.884. The summed E-state index contributed by atoms with van der Waals surface area (Å²) in [7, 11) is 0. The zero-order valence-electron chi connectivity index (χ0n) is 12.2. The number of nitrogens with one attached hydrogen (secondary N) is 2. The quantitative estimate of drug-likeness (QED) is 0.836. The first-order valence-corrected chi connectivity index (χ1v) is 6.79. The van der Waals surface area contributed by atoms with Gasteiger partial charge in [0, 0.05) is 19.4 Å². The summed E-state index contributed by atoms with van der Waals surface area (Å²) in [5.74, 6) is -0.834. The third-order valence-electron chi connectivity index (χ3n) is 2.77. The monoisotopic (exact) mass is 292 g/mol. The maximum Gasteiger partial charge on any atom is 0.407 e. The van der Waals surface area contributed by atoms with E-state index in [1.54, 1.807) is 0 Å². The number of hydrogen-bond acceptors (Lipinski definition) is 4. The number of carbonyl (C=O) groups is 3. The molecule has 0 saturated heterocycles. The van der Waals surface area contributed by atoms with Crippen LogP contribution in [0.2, 0.25) is 0 Å². The highest BCUT2D eigenvalue weighted by atomic mass is 16.5. The van der Waals surface area contributed by atoms with Crippen molar-refractivity contribution in [2.75, 3.05) is 0 Å². The van der Waals surface area contributed by atoms with Gasteiger partial charge in [0.15, 0.2) is 0 Å². The summed E-state index contributed by atoms with van der Waals surface area (Å²) >= 11 is 0. The summed E-state index contributed by atoms with van der Waals surface area (Å²) in [4.78, 5) is 33.9. The van der Waals surface area contributed by atoms with Gasteiger partial charge in [0.2, 0.25) is 11.8 Å². The van der Waals surface area contributed by atoms with E-state index in [1.807, 2.05) is 37.3 Å². The summed E-state index contributed by atoms with van der Waals surface area (Å²) in [6.45, 7) is 3.27. The Bertz CT molecular complexity index is 488. The van der Waals surface area contributed by atoms with E-state index in [1.165, 1.54) is 6.92 Å². The molecule has 1 unspecified atom stereocenters. The Balaban J connectivity index is 2.36. The smallest absolute Gasteiger partial charge is 0.407 e. The minimum Gasteiger partial charge on any atom is -0.445 e. The Morgan fingerprint density at radius 2 is 1.86 bits per heavy atom. The molecule has 0 aliphatic rings. The summed E-state index contributed by atoms with van der Waals surface area (Å²) in [6.07, 6.45) is 0.0174. The van der Waals surface area contributed by atoms with Crippen molar-refractivity contribution in [3.63, 3.8) is 0 Å². The van der Waals surface area contributed by atoms with Crippen molar-refractivity contribution in [2.24, 2.45) is 0 Å². The Hall–Kier alpha value is -2.37. The third kappa shape index (κ3) is 7.10. The highest BCUT2D eigenvalue weighted by Crippen LogP contribution is 2.02. The van der Waals surface area contributed by atoms with Crippen LogP contribution in [0.4, 0.5) is 4.79 Å². The molecule has 0 fully saturated rings. The number of hydrogen-bond donors (Lipinski definition) is 2. The Morgan fingerprint density at radius 3 is 2.43 bits per heavy atom. The van der Waals surface area contributed by atoms with Crippen molar-refractivity contribution in [2.45, 2.75) is 39.3 Å². The highest BCUT2D eigenvalue weighted by Gasteiger charge is 2.16. The molecule has 6 nitrogen and oxygen atoms in total. The SMILES string of the molecule is CCC(CC(=O)NC(C)=O)NC(=O)OCc1ccccc1. The molecule has 0 radical (unpaired) electrons. The molecule has 1 aromatic rings. The third-order valence-corrected chi connectivity index (χ3v) is 2.77. The van der Waals surface area contributed by atoms with Crippen LogP contribution < -0.4 is 10.6 Å². The van der Waals surface area contributed by atoms with Crippen LogP contribution in [0.5, 0.6) is 0 Å². The molecular weight excluding hydrogens is 272 g/mol. The molecular formula is C15H20N2O4. The van der Waals surface area contributed by atoms with E-state index in [2.05, 4.69) is 10.6 Å². The molecule has 1 aromatic carbocycles. The summed E-state index contributed by atoms with van der Waals surface area (Å²) < 4.78 is 5.07. The number of amides is 3. The van der Waals surface area contributed by atoms with Gasteiger partial charge in [-0.25, -0.2) is 4.79 Å². The topological polar surface area (TPSA) is 84.5 Å². The van der Waals surface area contributed by atoms with Crippen LogP contribution in [0, 0.1) is 0 Å². The minimum absolute atomic E-state index is 0.0382. The molecule has 114 valence electrons. The average Bonchev–Trinajstić information content (AvgIpc) is 2.44. The molecule has 0 saturated carbocycles. The number of benzene rings is 1. The van der Waals surface area contributed by atoms with Gasteiger partial charge < -0.3 is 10.1 Å². The molecule has 0 aliphatic carbocycles. The minimum atomic E-state index is -0.582. The fourth-order valence-corrected chi connectivity index (χ4v) is 1.70. The zero-order valence-corrected chi connectivity index (χ0v) is 12.2. The van der Waals surface area contributed by atoms with Crippen molar-refractivity contribution in [1.82, 2.24) is 10.6 Å². The van der Waals surface area contributed by atoms with E-state index >= 15 is 0 Å². The van der Waals surface area contributed by atoms with Gasteiger partial charge in [0.05, 0.1) is 0 Å². The van der Waals surface area contributed by atoms with Gasteiger partial charge >= 0.3 is 6.09 Å². The number of imide groups is 1. The van der Waals surface area contributed by atoms with Crippen molar-refractivity contribution >= 4 is 17.9 Å². The average molecular weight is 292 g/mol. The molecule has 0 aliphatic heterocycles. The maximum absolute atomic E-state index is 11.7. The molecule has 21 heavy (non-hydrogen) atoms. The van der Waals surface area contributed by atoms with Crippen molar-refractivity contribution in [3.05, 3.63) is 35.9 Å². The van der Waals surface area contributed by atoms with Crippen LogP contribution in [0.15, 0.2) is 30.3 Å². The van der Waals surface area contributed by atoms with Gasteiger partial charge in [-0.2, -0.15) is 0 Å². The molecule has 1 rings (SSSR count). The lowest BCUT2D eigenvalue weighted by Crippen LogP contribution is -2.40. The fourth-order valence-electron chi connectivity index (χ4n) is 1.70. The number of rotatable bonds is 6. The van der Waals surface area contributed by atoms with Gasteiger partial charge in [-0.3, -0.25) is 14.9 Å². The highest BCUT2D eigenvalue weighted by molar-refractivity contribution is 5.94. The van der Waals surface area contributed by atoms with Gasteiger partial charge in [-0.05, 0) is 12.0 Å². The largest absolute Gasteiger partial charge is 0.445 e. The van der Waals surface area contributed by atoms with E-state index in [0.29, 0.717) is 6.42 Å². The van der Waals surface area contributed by atoms with Crippen LogP contribution in [0.3, 0.4) is 0 Å². The Labute approximate surface area is 123 Å². The van der Waals surface area contributed by atoms with Crippen LogP contribution >= 0.6 is 0 Å². The first-order valence-electron chi connectivity index (χ1n) is 6.79. The number of ether oxygens (including phenoxy) is 1. The molecule has 6 heteroatoms. The van der Waals surface area contributed by atoms with Crippen LogP contribution in [0.1, 0.15) is 32.3 Å². The number of carbonyl (C=O) groups excluding carboxylic acids is 3. The predicted octanol–water partition coefficient (Wildman–Crippen LogP) is 1.74. The maximum atomic E-state index is 11.7. The van der Waals surface area contributed by atoms with Crippen LogP contribution in [0.25, 0.3) is 0 Å². The number of alkyl carbamates (subject to hydrolysis) is 1. The molecule has 1 atom stereocenters. The van der Waals surface area contributed by atoms with Gasteiger partial charge in [-0.15, -0.1) is 0 Å². The first kappa shape index (κ1) is 16.7. The van der Waals surface area contributed by atoms with Gasteiger partial charge in [0.1, 0.15) is 6.61 Å². The van der Waals surface area contributed by atoms with E-state index in [4.69, 9.17) is 4.74 Å². The Kier molecular flexibility index (Phi) is 6.94. The molecule has 3 amide bonds. The van der Waals surface area contributed by atoms with Gasteiger partial charge in [-0.1, -0.05) is 37.3 Å². The fraction of sp³-hybridized carbons (Fsp3) is 0.400. The summed E-state index contributed by atoms with van der Waals surface area (Å²) in [5, 5.41) is 4.78. The van der Waals surface area contributed by atoms with Crippen molar-refractivity contribution in [3.8, 4) is 0 Å². The first-order chi connectivity index (χ1) is 10.0. The van der Waals surface area contributed by atoms with E-state index < -0.39 is 17.9 Å².